The summed E-state index contributed by atoms with van der Waals surface area (Å²) in [4.78, 5) is 3.33. The summed E-state index contributed by atoms with van der Waals surface area (Å²) in [7, 11) is 0. The minimum Gasteiger partial charge on any atom is -0.354 e. The second kappa shape index (κ2) is 4.52. The summed E-state index contributed by atoms with van der Waals surface area (Å²) in [6, 6.07) is 13.0. The molecule has 3 heteroatoms. The van der Waals surface area contributed by atoms with Gasteiger partial charge in [0.05, 0.1) is 5.69 Å². The van der Waals surface area contributed by atoms with Crippen LogP contribution in [-0.2, 0) is 6.54 Å². The number of halogens is 1. The minimum absolute atomic E-state index is 0.239. The highest BCUT2D eigenvalue weighted by molar-refractivity contribution is 5.90. The van der Waals surface area contributed by atoms with Gasteiger partial charge in [0.1, 0.15) is 5.82 Å². The largest absolute Gasteiger partial charge is 0.354 e. The molecule has 0 aliphatic heterocycles. The molecule has 0 amide bonds. The molecule has 0 aliphatic rings. The number of benzene rings is 2. The van der Waals surface area contributed by atoms with E-state index in [9.17, 15) is 4.39 Å². The number of nitrogens with two attached hydrogens (primary N) is 1. The average Bonchev–Trinajstić information content (AvgIpc) is 2.77. The lowest BCUT2D eigenvalue weighted by molar-refractivity contribution is 0.629. The summed E-state index contributed by atoms with van der Waals surface area (Å²) in [6.07, 6.45) is 0. The third kappa shape index (κ3) is 2.02. The Morgan fingerprint density at radius 3 is 2.53 bits per heavy atom. The van der Waals surface area contributed by atoms with Crippen LogP contribution in [0.5, 0.6) is 0 Å². The third-order valence-corrected chi connectivity index (χ3v) is 3.41. The average molecular weight is 254 g/mol. The Morgan fingerprint density at radius 2 is 1.84 bits per heavy atom. The van der Waals surface area contributed by atoms with Crippen LogP contribution in [0.1, 0.15) is 11.1 Å². The summed E-state index contributed by atoms with van der Waals surface area (Å²) in [6.45, 7) is 2.43. The molecule has 0 fully saturated rings. The van der Waals surface area contributed by atoms with E-state index < -0.39 is 0 Å². The maximum Gasteiger partial charge on any atom is 0.123 e. The topological polar surface area (TPSA) is 41.8 Å². The molecule has 2 nitrogen and oxygen atoms in total. The first-order valence-electron chi connectivity index (χ1n) is 6.26. The smallest absolute Gasteiger partial charge is 0.123 e. The van der Waals surface area contributed by atoms with Crippen molar-refractivity contribution in [1.82, 2.24) is 4.98 Å². The molecule has 0 bridgehead atoms. The summed E-state index contributed by atoms with van der Waals surface area (Å²) in [5.41, 5.74) is 11.0. The van der Waals surface area contributed by atoms with Gasteiger partial charge < -0.3 is 10.7 Å². The Morgan fingerprint density at radius 1 is 1.11 bits per heavy atom. The number of aryl methyl sites for hydroxylation is 1. The van der Waals surface area contributed by atoms with Crippen LogP contribution < -0.4 is 5.73 Å². The Balaban J connectivity index is 2.25. The predicted octanol–water partition coefficient (Wildman–Crippen LogP) is 3.74. The van der Waals surface area contributed by atoms with Gasteiger partial charge in [-0.25, -0.2) is 4.39 Å². The summed E-state index contributed by atoms with van der Waals surface area (Å²) < 4.78 is 13.4. The molecule has 0 unspecified atom stereocenters. The van der Waals surface area contributed by atoms with E-state index >= 15 is 0 Å². The van der Waals surface area contributed by atoms with E-state index in [1.165, 1.54) is 17.7 Å². The molecule has 3 aromatic rings. The lowest BCUT2D eigenvalue weighted by Crippen LogP contribution is -1.97. The second-order valence-corrected chi connectivity index (χ2v) is 4.74. The fraction of sp³-hybridized carbons (Fsp3) is 0.125. The van der Waals surface area contributed by atoms with E-state index in [1.54, 1.807) is 6.07 Å². The highest BCUT2D eigenvalue weighted by Gasteiger charge is 2.12. The summed E-state index contributed by atoms with van der Waals surface area (Å²) in [5, 5.41) is 0.859. The lowest BCUT2D eigenvalue weighted by Gasteiger charge is -2.03. The van der Waals surface area contributed by atoms with Crippen LogP contribution in [0.3, 0.4) is 0 Å². The van der Waals surface area contributed by atoms with E-state index in [0.29, 0.717) is 6.54 Å². The molecule has 3 rings (SSSR count). The number of nitrogens with one attached hydrogen (secondary N) is 1. The van der Waals surface area contributed by atoms with Gasteiger partial charge in [0.2, 0.25) is 0 Å². The van der Waals surface area contributed by atoms with E-state index in [4.69, 9.17) is 5.73 Å². The molecule has 1 aromatic heterocycles. The van der Waals surface area contributed by atoms with Crippen molar-refractivity contribution in [3.8, 4) is 11.3 Å². The van der Waals surface area contributed by atoms with Crippen molar-refractivity contribution in [2.45, 2.75) is 13.5 Å². The maximum atomic E-state index is 13.4. The molecule has 0 saturated carbocycles. The first-order valence-corrected chi connectivity index (χ1v) is 6.26. The van der Waals surface area contributed by atoms with E-state index in [2.05, 4.69) is 29.2 Å². The van der Waals surface area contributed by atoms with Gasteiger partial charge in [-0.15, -0.1) is 0 Å². The molecule has 0 atom stereocenters. The highest BCUT2D eigenvalue weighted by Crippen LogP contribution is 2.30. The zero-order valence-corrected chi connectivity index (χ0v) is 10.7. The number of aromatic amines is 1. The van der Waals surface area contributed by atoms with Crippen LogP contribution >= 0.6 is 0 Å². The van der Waals surface area contributed by atoms with Crippen molar-refractivity contribution in [1.29, 1.82) is 0 Å². The van der Waals surface area contributed by atoms with Gasteiger partial charge in [0.25, 0.3) is 0 Å². The third-order valence-electron chi connectivity index (χ3n) is 3.41. The maximum absolute atomic E-state index is 13.4. The van der Waals surface area contributed by atoms with Crippen molar-refractivity contribution < 1.29 is 4.39 Å². The number of hydrogen-bond donors (Lipinski definition) is 2. The SMILES string of the molecule is Cc1ccc(-c2[nH]c3ccc(F)cc3c2CN)cc1. The summed E-state index contributed by atoms with van der Waals surface area (Å²) in [5.74, 6) is -0.239. The van der Waals surface area contributed by atoms with Crippen molar-refractivity contribution >= 4 is 10.9 Å². The van der Waals surface area contributed by atoms with Gasteiger partial charge >= 0.3 is 0 Å². The van der Waals surface area contributed by atoms with Crippen molar-refractivity contribution in [3.63, 3.8) is 0 Å². The molecular formula is C16H15FN2. The van der Waals surface area contributed by atoms with Crippen molar-refractivity contribution in [3.05, 3.63) is 59.4 Å². The van der Waals surface area contributed by atoms with Crippen LogP contribution in [0.15, 0.2) is 42.5 Å². The minimum atomic E-state index is -0.239. The van der Waals surface area contributed by atoms with E-state index in [-0.39, 0.29) is 5.82 Å². The Bertz CT molecular complexity index is 726. The first kappa shape index (κ1) is 11.9. The Kier molecular flexibility index (Phi) is 2.84. The van der Waals surface area contributed by atoms with E-state index in [0.717, 1.165) is 27.7 Å². The number of aromatic nitrogens is 1. The van der Waals surface area contributed by atoms with Gasteiger partial charge in [-0.1, -0.05) is 29.8 Å². The molecular weight excluding hydrogens is 239 g/mol. The summed E-state index contributed by atoms with van der Waals surface area (Å²) >= 11 is 0. The van der Waals surface area contributed by atoms with Gasteiger partial charge in [-0.2, -0.15) is 0 Å². The number of fused-ring (bicyclic) bond motifs is 1. The van der Waals surface area contributed by atoms with Gasteiger partial charge in [0.15, 0.2) is 0 Å². The molecule has 2 aromatic carbocycles. The molecule has 0 saturated heterocycles. The number of hydrogen-bond acceptors (Lipinski definition) is 1. The normalized spacial score (nSPS) is 11.1. The van der Waals surface area contributed by atoms with Crippen LogP contribution in [0.25, 0.3) is 22.2 Å². The fourth-order valence-electron chi connectivity index (χ4n) is 2.40. The monoisotopic (exact) mass is 254 g/mol. The number of rotatable bonds is 2. The van der Waals surface area contributed by atoms with Gasteiger partial charge in [-0.3, -0.25) is 0 Å². The van der Waals surface area contributed by atoms with Crippen LogP contribution in [-0.4, -0.2) is 4.98 Å². The Labute approximate surface area is 111 Å². The standard InChI is InChI=1S/C16H15FN2/c1-10-2-4-11(5-3-10)16-14(9-18)13-8-12(17)6-7-15(13)19-16/h2-8,19H,9,18H2,1H3. The quantitative estimate of drug-likeness (QED) is 0.718. The molecule has 96 valence electrons. The Hall–Kier alpha value is -2.13. The second-order valence-electron chi connectivity index (χ2n) is 4.74. The lowest BCUT2D eigenvalue weighted by atomic mass is 10.0. The van der Waals surface area contributed by atoms with Crippen LogP contribution in [0, 0.1) is 12.7 Å². The number of H-pyrrole nitrogens is 1. The fourth-order valence-corrected chi connectivity index (χ4v) is 2.40. The van der Waals surface area contributed by atoms with E-state index in [1.807, 2.05) is 6.92 Å². The van der Waals surface area contributed by atoms with Crippen molar-refractivity contribution in [2.24, 2.45) is 5.73 Å². The highest BCUT2D eigenvalue weighted by atomic mass is 19.1. The van der Waals surface area contributed by atoms with Crippen LogP contribution in [0.4, 0.5) is 4.39 Å². The van der Waals surface area contributed by atoms with Gasteiger partial charge in [-0.05, 0) is 36.2 Å². The van der Waals surface area contributed by atoms with Crippen LogP contribution in [0.2, 0.25) is 0 Å². The molecule has 3 N–H and O–H groups in total. The molecule has 1 heterocycles. The molecule has 0 spiro atoms. The molecule has 0 aliphatic carbocycles. The molecule has 19 heavy (non-hydrogen) atoms. The predicted molar refractivity (Wildman–Crippen MR) is 76.3 cm³/mol. The first-order chi connectivity index (χ1) is 9.19. The van der Waals surface area contributed by atoms with Crippen molar-refractivity contribution in [2.75, 3.05) is 0 Å². The molecule has 0 radical (unpaired) electrons. The zero-order valence-electron chi connectivity index (χ0n) is 10.7. The van der Waals surface area contributed by atoms with Gasteiger partial charge in [0, 0.05) is 17.4 Å². The zero-order chi connectivity index (χ0) is 13.4.